The predicted octanol–water partition coefficient (Wildman–Crippen LogP) is 5.66. The Morgan fingerprint density at radius 2 is 1.72 bits per heavy atom. The van der Waals surface area contributed by atoms with Crippen LogP contribution < -0.4 is 10.1 Å². The van der Waals surface area contributed by atoms with Crippen molar-refractivity contribution in [1.82, 2.24) is 4.57 Å². The number of hydrogen-bond acceptors (Lipinski definition) is 3. The summed E-state index contributed by atoms with van der Waals surface area (Å²) >= 11 is 0. The molecule has 29 heavy (non-hydrogen) atoms. The fourth-order valence-corrected chi connectivity index (χ4v) is 3.22. The normalized spacial score (nSPS) is 10.8. The first-order valence-corrected chi connectivity index (χ1v) is 10.3. The first-order valence-electron chi connectivity index (χ1n) is 10.3. The molecule has 0 saturated heterocycles. The SMILES string of the molecule is CCCCCCOc1ccc(NC(=O)CCC(=O)n2ccc3ccccc32)cc1. The van der Waals surface area contributed by atoms with E-state index in [0.717, 1.165) is 23.1 Å². The molecule has 0 fully saturated rings. The Labute approximate surface area is 171 Å². The summed E-state index contributed by atoms with van der Waals surface area (Å²) in [6.07, 6.45) is 6.73. The topological polar surface area (TPSA) is 60.3 Å². The maximum absolute atomic E-state index is 12.5. The van der Waals surface area contributed by atoms with Gasteiger partial charge in [0.05, 0.1) is 12.1 Å². The van der Waals surface area contributed by atoms with Gasteiger partial charge in [0.25, 0.3) is 0 Å². The molecular formula is C24H28N2O3. The van der Waals surface area contributed by atoms with Crippen molar-refractivity contribution in [2.75, 3.05) is 11.9 Å². The van der Waals surface area contributed by atoms with Crippen LogP contribution in [0.1, 0.15) is 50.2 Å². The Morgan fingerprint density at radius 1 is 0.931 bits per heavy atom. The highest BCUT2D eigenvalue weighted by Gasteiger charge is 2.11. The van der Waals surface area contributed by atoms with E-state index in [1.807, 2.05) is 54.6 Å². The summed E-state index contributed by atoms with van der Waals surface area (Å²) in [5, 5.41) is 3.85. The van der Waals surface area contributed by atoms with Crippen molar-refractivity contribution in [3.8, 4) is 5.75 Å². The average Bonchev–Trinajstić information content (AvgIpc) is 3.17. The van der Waals surface area contributed by atoms with E-state index in [1.165, 1.54) is 19.3 Å². The quantitative estimate of drug-likeness (QED) is 0.453. The van der Waals surface area contributed by atoms with Gasteiger partial charge in [0.1, 0.15) is 5.75 Å². The minimum absolute atomic E-state index is 0.0897. The standard InChI is InChI=1S/C24H28N2O3/c1-2-3-4-7-18-29-21-12-10-20(11-13-21)25-23(27)14-15-24(28)26-17-16-19-8-5-6-9-22(19)26/h5-6,8-13,16-17H,2-4,7,14-15,18H2,1H3,(H,25,27). The highest BCUT2D eigenvalue weighted by Crippen LogP contribution is 2.18. The molecule has 0 saturated carbocycles. The number of anilines is 1. The minimum atomic E-state index is -0.178. The van der Waals surface area contributed by atoms with Crippen LogP contribution in [0.5, 0.6) is 5.75 Å². The van der Waals surface area contributed by atoms with Crippen molar-refractivity contribution >= 4 is 28.4 Å². The fraction of sp³-hybridized carbons (Fsp3) is 0.333. The van der Waals surface area contributed by atoms with Gasteiger partial charge in [0, 0.05) is 30.1 Å². The molecule has 3 rings (SSSR count). The second-order valence-corrected chi connectivity index (χ2v) is 7.12. The molecule has 1 heterocycles. The third-order valence-electron chi connectivity index (χ3n) is 4.84. The lowest BCUT2D eigenvalue weighted by Gasteiger charge is -2.09. The molecule has 0 atom stereocenters. The van der Waals surface area contributed by atoms with Gasteiger partial charge in [0.15, 0.2) is 0 Å². The molecule has 3 aromatic rings. The summed E-state index contributed by atoms with van der Waals surface area (Å²) in [6.45, 7) is 2.90. The third kappa shape index (κ3) is 5.95. The van der Waals surface area contributed by atoms with Crippen molar-refractivity contribution < 1.29 is 14.3 Å². The summed E-state index contributed by atoms with van der Waals surface area (Å²) in [6, 6.07) is 17.0. The van der Waals surface area contributed by atoms with Crippen LogP contribution in [0, 0.1) is 0 Å². The zero-order valence-corrected chi connectivity index (χ0v) is 16.9. The van der Waals surface area contributed by atoms with Crippen LogP contribution in [0.15, 0.2) is 60.8 Å². The fourth-order valence-electron chi connectivity index (χ4n) is 3.22. The van der Waals surface area contributed by atoms with Crippen LogP contribution >= 0.6 is 0 Å². The molecule has 2 aromatic carbocycles. The Kier molecular flexibility index (Phi) is 7.45. The molecule has 0 bridgehead atoms. The molecular weight excluding hydrogens is 364 g/mol. The van der Waals surface area contributed by atoms with Crippen LogP contribution in [-0.4, -0.2) is 23.0 Å². The average molecular weight is 392 g/mol. The second-order valence-electron chi connectivity index (χ2n) is 7.12. The summed E-state index contributed by atoms with van der Waals surface area (Å²) in [7, 11) is 0. The maximum Gasteiger partial charge on any atom is 0.231 e. The zero-order chi connectivity index (χ0) is 20.5. The summed E-state index contributed by atoms with van der Waals surface area (Å²) in [5.74, 6) is 0.533. The lowest BCUT2D eigenvalue weighted by molar-refractivity contribution is -0.116. The maximum atomic E-state index is 12.5. The number of amides is 1. The van der Waals surface area contributed by atoms with E-state index in [4.69, 9.17) is 4.74 Å². The molecule has 0 radical (unpaired) electrons. The first-order chi connectivity index (χ1) is 14.2. The van der Waals surface area contributed by atoms with Crippen LogP contribution in [0.2, 0.25) is 0 Å². The number of nitrogens with one attached hydrogen (secondary N) is 1. The molecule has 0 spiro atoms. The first kappa shape index (κ1) is 20.6. The highest BCUT2D eigenvalue weighted by molar-refractivity contribution is 5.96. The van der Waals surface area contributed by atoms with Gasteiger partial charge in [-0.1, -0.05) is 44.4 Å². The van der Waals surface area contributed by atoms with E-state index in [0.29, 0.717) is 12.3 Å². The Balaban J connectivity index is 1.44. The highest BCUT2D eigenvalue weighted by atomic mass is 16.5. The number of nitrogens with zero attached hydrogens (tertiary/aromatic N) is 1. The van der Waals surface area contributed by atoms with E-state index in [1.54, 1.807) is 10.8 Å². The van der Waals surface area contributed by atoms with Crippen molar-refractivity contribution in [2.24, 2.45) is 0 Å². The van der Waals surface area contributed by atoms with E-state index >= 15 is 0 Å². The van der Waals surface area contributed by atoms with Gasteiger partial charge >= 0.3 is 0 Å². The molecule has 1 aromatic heterocycles. The number of aromatic nitrogens is 1. The minimum Gasteiger partial charge on any atom is -0.494 e. The molecule has 1 N–H and O–H groups in total. The molecule has 5 heteroatoms. The van der Waals surface area contributed by atoms with Crippen LogP contribution in [0.3, 0.4) is 0 Å². The molecule has 152 valence electrons. The number of para-hydroxylation sites is 1. The van der Waals surface area contributed by atoms with Crippen LogP contribution in [0.25, 0.3) is 10.9 Å². The zero-order valence-electron chi connectivity index (χ0n) is 16.9. The third-order valence-corrected chi connectivity index (χ3v) is 4.84. The molecule has 0 unspecified atom stereocenters. The van der Waals surface area contributed by atoms with Gasteiger partial charge < -0.3 is 10.1 Å². The van der Waals surface area contributed by atoms with Gasteiger partial charge in [-0.05, 0) is 42.8 Å². The Hall–Kier alpha value is -3.08. The summed E-state index contributed by atoms with van der Waals surface area (Å²) in [4.78, 5) is 24.7. The van der Waals surface area contributed by atoms with E-state index < -0.39 is 0 Å². The molecule has 1 amide bonds. The Morgan fingerprint density at radius 3 is 2.52 bits per heavy atom. The van der Waals surface area contributed by atoms with Crippen LogP contribution in [0.4, 0.5) is 5.69 Å². The van der Waals surface area contributed by atoms with Crippen LogP contribution in [-0.2, 0) is 4.79 Å². The molecule has 0 aliphatic rings. The largest absolute Gasteiger partial charge is 0.494 e. The van der Waals surface area contributed by atoms with E-state index in [-0.39, 0.29) is 24.7 Å². The van der Waals surface area contributed by atoms with Crippen molar-refractivity contribution in [2.45, 2.75) is 45.4 Å². The molecule has 5 nitrogen and oxygen atoms in total. The number of unbranched alkanes of at least 4 members (excludes halogenated alkanes) is 3. The second kappa shape index (κ2) is 10.5. The van der Waals surface area contributed by atoms with Gasteiger partial charge in [-0.15, -0.1) is 0 Å². The smallest absolute Gasteiger partial charge is 0.231 e. The summed E-state index contributed by atoms with van der Waals surface area (Å²) < 4.78 is 7.31. The number of ether oxygens (including phenoxy) is 1. The summed E-state index contributed by atoms with van der Waals surface area (Å²) in [5.41, 5.74) is 1.57. The Bertz CT molecular complexity index is 944. The monoisotopic (exact) mass is 392 g/mol. The van der Waals surface area contributed by atoms with Gasteiger partial charge in [-0.25, -0.2) is 0 Å². The van der Waals surface area contributed by atoms with Gasteiger partial charge in [-0.3, -0.25) is 14.2 Å². The van der Waals surface area contributed by atoms with Crippen molar-refractivity contribution in [3.05, 3.63) is 60.8 Å². The number of benzene rings is 2. The van der Waals surface area contributed by atoms with E-state index in [9.17, 15) is 9.59 Å². The predicted molar refractivity (Wildman–Crippen MR) is 117 cm³/mol. The number of hydrogen-bond donors (Lipinski definition) is 1. The van der Waals surface area contributed by atoms with Gasteiger partial charge in [-0.2, -0.15) is 0 Å². The lowest BCUT2D eigenvalue weighted by atomic mass is 10.2. The van der Waals surface area contributed by atoms with Crippen molar-refractivity contribution in [3.63, 3.8) is 0 Å². The number of carbonyl (C=O) groups is 2. The molecule has 0 aliphatic carbocycles. The molecule has 0 aliphatic heterocycles. The van der Waals surface area contributed by atoms with E-state index in [2.05, 4.69) is 12.2 Å². The van der Waals surface area contributed by atoms with Crippen molar-refractivity contribution in [1.29, 1.82) is 0 Å². The number of carbonyl (C=O) groups excluding carboxylic acids is 2. The number of fused-ring (bicyclic) bond motifs is 1. The number of rotatable bonds is 10. The lowest BCUT2D eigenvalue weighted by Crippen LogP contribution is -2.16. The van der Waals surface area contributed by atoms with Gasteiger partial charge in [0.2, 0.25) is 11.8 Å².